The molecule has 1 heterocycles. The number of anilines is 3. The molecular weight excluding hydrogens is 424 g/mol. The Balaban J connectivity index is 1.77. The average Bonchev–Trinajstić information content (AvgIpc) is 2.76. The van der Waals surface area contributed by atoms with Crippen LogP contribution >= 0.6 is 0 Å². The lowest BCUT2D eigenvalue weighted by atomic mass is 10.1. The van der Waals surface area contributed by atoms with Crippen LogP contribution in [0.15, 0.2) is 71.6 Å². The topological polar surface area (TPSA) is 101 Å². The van der Waals surface area contributed by atoms with Gasteiger partial charge < -0.3 is 5.32 Å². The number of fused-ring (bicyclic) bond motifs is 1. The van der Waals surface area contributed by atoms with Crippen molar-refractivity contribution < 1.29 is 13.2 Å². The molecule has 0 aliphatic carbocycles. The molecular formula is C24H22N4O3S. The van der Waals surface area contributed by atoms with Gasteiger partial charge in [-0.05, 0) is 74.4 Å². The van der Waals surface area contributed by atoms with Gasteiger partial charge in [-0.3, -0.25) is 9.52 Å². The number of carbonyl (C=O) groups is 1. The van der Waals surface area contributed by atoms with Gasteiger partial charge >= 0.3 is 0 Å². The molecule has 0 saturated heterocycles. The molecule has 0 unspecified atom stereocenters. The Bertz CT molecular complexity index is 1430. The number of nitrogens with one attached hydrogen (secondary N) is 2. The monoisotopic (exact) mass is 446 g/mol. The summed E-state index contributed by atoms with van der Waals surface area (Å²) in [6.07, 6.45) is 0. The van der Waals surface area contributed by atoms with Gasteiger partial charge in [0.1, 0.15) is 0 Å². The van der Waals surface area contributed by atoms with Crippen LogP contribution in [0.4, 0.5) is 17.3 Å². The van der Waals surface area contributed by atoms with Crippen LogP contribution in [0.25, 0.3) is 11.0 Å². The molecule has 4 rings (SSSR count). The number of carbonyl (C=O) groups excluding carboxylic acids is 1. The molecule has 4 aromatic rings. The first-order chi connectivity index (χ1) is 15.2. The first-order valence-corrected chi connectivity index (χ1v) is 11.5. The van der Waals surface area contributed by atoms with Crippen LogP contribution in [0.2, 0.25) is 0 Å². The third-order valence-corrected chi connectivity index (χ3v) is 6.47. The van der Waals surface area contributed by atoms with Gasteiger partial charge in [-0.15, -0.1) is 0 Å². The van der Waals surface area contributed by atoms with E-state index in [0.29, 0.717) is 27.8 Å². The van der Waals surface area contributed by atoms with E-state index in [1.807, 2.05) is 25.1 Å². The summed E-state index contributed by atoms with van der Waals surface area (Å²) in [6, 6.07) is 19.3. The number of Topliss-reactive ketones (excluding diaryl/α,β-unsaturated/α-hetero) is 1. The predicted molar refractivity (Wildman–Crippen MR) is 126 cm³/mol. The van der Waals surface area contributed by atoms with Crippen LogP contribution < -0.4 is 10.0 Å². The molecule has 0 aliphatic heterocycles. The summed E-state index contributed by atoms with van der Waals surface area (Å²) < 4.78 is 29.0. The highest BCUT2D eigenvalue weighted by Gasteiger charge is 2.21. The van der Waals surface area contributed by atoms with Crippen molar-refractivity contribution in [1.29, 1.82) is 0 Å². The molecule has 0 aliphatic rings. The first-order valence-electron chi connectivity index (χ1n) is 9.98. The molecule has 32 heavy (non-hydrogen) atoms. The highest BCUT2D eigenvalue weighted by Crippen LogP contribution is 2.28. The fraction of sp³-hybridized carbons (Fsp3) is 0.125. The van der Waals surface area contributed by atoms with Crippen LogP contribution in [0.5, 0.6) is 0 Å². The van der Waals surface area contributed by atoms with Crippen molar-refractivity contribution in [1.82, 2.24) is 9.97 Å². The van der Waals surface area contributed by atoms with Crippen LogP contribution in [0.3, 0.4) is 0 Å². The molecule has 0 radical (unpaired) electrons. The molecule has 0 spiro atoms. The summed E-state index contributed by atoms with van der Waals surface area (Å²) in [5.74, 6) is 0.303. The first kappa shape index (κ1) is 21.5. The maximum atomic E-state index is 13.2. The molecule has 0 bridgehead atoms. The molecule has 0 amide bonds. The van der Waals surface area contributed by atoms with Crippen molar-refractivity contribution >= 4 is 44.2 Å². The lowest BCUT2D eigenvalue weighted by molar-refractivity contribution is 0.101. The zero-order chi connectivity index (χ0) is 22.9. The predicted octanol–water partition coefficient (Wildman–Crippen LogP) is 4.99. The van der Waals surface area contributed by atoms with Gasteiger partial charge in [0.05, 0.1) is 15.9 Å². The fourth-order valence-electron chi connectivity index (χ4n) is 3.26. The number of hydrogen-bond acceptors (Lipinski definition) is 6. The van der Waals surface area contributed by atoms with Crippen molar-refractivity contribution in [2.24, 2.45) is 0 Å². The van der Waals surface area contributed by atoms with Gasteiger partial charge in [0, 0.05) is 11.3 Å². The Labute approximate surface area is 186 Å². The third kappa shape index (κ3) is 4.45. The number of ketones is 1. The Morgan fingerprint density at radius 3 is 2.09 bits per heavy atom. The van der Waals surface area contributed by atoms with E-state index in [0.717, 1.165) is 5.56 Å². The standard InChI is InChI=1S/C24H22N4O3S/c1-15-8-9-16(2)22(14-15)32(30,31)28-24-23(26-20-6-4-5-7-21(20)27-24)25-19-12-10-18(11-13-19)17(3)29/h4-14H,1-3H3,(H,25,26)(H,27,28). The second kappa shape index (κ2) is 8.39. The second-order valence-electron chi connectivity index (χ2n) is 7.54. The zero-order valence-electron chi connectivity index (χ0n) is 17.9. The smallest absolute Gasteiger partial charge is 0.263 e. The summed E-state index contributed by atoms with van der Waals surface area (Å²) in [5.41, 5.74) is 3.87. The fourth-order valence-corrected chi connectivity index (χ4v) is 4.60. The summed E-state index contributed by atoms with van der Waals surface area (Å²) in [6.45, 7) is 5.08. The average molecular weight is 447 g/mol. The third-order valence-electron chi connectivity index (χ3n) is 4.99. The van der Waals surface area contributed by atoms with Gasteiger partial charge in [-0.25, -0.2) is 18.4 Å². The quantitative estimate of drug-likeness (QED) is 0.405. The number of sulfonamides is 1. The van der Waals surface area contributed by atoms with E-state index in [2.05, 4.69) is 20.0 Å². The lowest BCUT2D eigenvalue weighted by Gasteiger charge is -2.15. The summed E-state index contributed by atoms with van der Waals surface area (Å²) >= 11 is 0. The normalized spacial score (nSPS) is 11.3. The highest BCUT2D eigenvalue weighted by atomic mass is 32.2. The summed E-state index contributed by atoms with van der Waals surface area (Å²) in [7, 11) is -3.91. The Morgan fingerprint density at radius 2 is 1.47 bits per heavy atom. The number of aromatic nitrogens is 2. The molecule has 8 heteroatoms. The number of nitrogens with zero attached hydrogens (tertiary/aromatic N) is 2. The van der Waals surface area contributed by atoms with Crippen LogP contribution in [-0.4, -0.2) is 24.2 Å². The van der Waals surface area contributed by atoms with Crippen LogP contribution in [0.1, 0.15) is 28.4 Å². The van der Waals surface area contributed by atoms with E-state index in [1.165, 1.54) is 6.92 Å². The minimum absolute atomic E-state index is 0.0379. The van der Waals surface area contributed by atoms with E-state index in [9.17, 15) is 13.2 Å². The number of para-hydroxylation sites is 2. The van der Waals surface area contributed by atoms with E-state index in [1.54, 1.807) is 55.5 Å². The maximum absolute atomic E-state index is 13.2. The second-order valence-corrected chi connectivity index (χ2v) is 9.19. The molecule has 1 aromatic heterocycles. The molecule has 7 nitrogen and oxygen atoms in total. The number of rotatable bonds is 6. The van der Waals surface area contributed by atoms with Gasteiger partial charge in [0.25, 0.3) is 10.0 Å². The van der Waals surface area contributed by atoms with Crippen molar-refractivity contribution in [3.05, 3.63) is 83.4 Å². The largest absolute Gasteiger partial charge is 0.337 e. The molecule has 0 saturated carbocycles. The number of hydrogen-bond donors (Lipinski definition) is 2. The zero-order valence-corrected chi connectivity index (χ0v) is 18.7. The van der Waals surface area contributed by atoms with Gasteiger partial charge in [0.2, 0.25) is 0 Å². The summed E-state index contributed by atoms with van der Waals surface area (Å²) in [4.78, 5) is 20.8. The Hall–Kier alpha value is -3.78. The van der Waals surface area contributed by atoms with Crippen LogP contribution in [0, 0.1) is 13.8 Å². The molecule has 2 N–H and O–H groups in total. The van der Waals surface area contributed by atoms with Crippen molar-refractivity contribution in [3.8, 4) is 0 Å². The molecule has 162 valence electrons. The van der Waals surface area contributed by atoms with Crippen molar-refractivity contribution in [2.45, 2.75) is 25.7 Å². The maximum Gasteiger partial charge on any atom is 0.263 e. The molecule has 3 aromatic carbocycles. The van der Waals surface area contributed by atoms with E-state index >= 15 is 0 Å². The van der Waals surface area contributed by atoms with Crippen molar-refractivity contribution in [3.63, 3.8) is 0 Å². The Morgan fingerprint density at radius 1 is 0.844 bits per heavy atom. The summed E-state index contributed by atoms with van der Waals surface area (Å²) in [5, 5.41) is 3.12. The van der Waals surface area contributed by atoms with E-state index in [-0.39, 0.29) is 22.3 Å². The van der Waals surface area contributed by atoms with E-state index < -0.39 is 10.0 Å². The van der Waals surface area contributed by atoms with Crippen LogP contribution in [-0.2, 0) is 10.0 Å². The number of benzene rings is 3. The van der Waals surface area contributed by atoms with Gasteiger partial charge in [-0.2, -0.15) is 0 Å². The Kier molecular flexibility index (Phi) is 5.63. The minimum Gasteiger partial charge on any atom is -0.337 e. The number of aryl methyl sites for hydroxylation is 2. The van der Waals surface area contributed by atoms with E-state index in [4.69, 9.17) is 0 Å². The van der Waals surface area contributed by atoms with Crippen molar-refractivity contribution in [2.75, 3.05) is 10.0 Å². The molecule has 0 fully saturated rings. The SMILES string of the molecule is CC(=O)c1ccc(Nc2nc3ccccc3nc2NS(=O)(=O)c2cc(C)ccc2C)cc1. The minimum atomic E-state index is -3.91. The van der Waals surface area contributed by atoms with Gasteiger partial charge in [0.15, 0.2) is 17.4 Å². The molecule has 0 atom stereocenters. The highest BCUT2D eigenvalue weighted by molar-refractivity contribution is 7.92. The van der Waals surface area contributed by atoms with Gasteiger partial charge in [-0.1, -0.05) is 24.3 Å². The lowest BCUT2D eigenvalue weighted by Crippen LogP contribution is -2.17.